The number of benzene rings is 2. The van der Waals surface area contributed by atoms with Gasteiger partial charge in [-0.05, 0) is 36.6 Å². The Morgan fingerprint density at radius 1 is 1.26 bits per heavy atom. The molecule has 3 rings (SSSR count). The molecule has 2 aromatic carbocycles. The molecule has 124 valence electrons. The summed E-state index contributed by atoms with van der Waals surface area (Å²) in [7, 11) is 0. The fraction of sp³-hybridized carbons (Fsp3) is 0.474. The molecule has 0 radical (unpaired) electrons. The molecule has 4 heteroatoms. The second-order valence-corrected chi connectivity index (χ2v) is 8.05. The van der Waals surface area contributed by atoms with Crippen molar-refractivity contribution in [2.24, 2.45) is 0 Å². The predicted octanol–water partition coefficient (Wildman–Crippen LogP) is 2.77. The highest BCUT2D eigenvalue weighted by Gasteiger charge is 2.25. The average molecular weight is 330 g/mol. The monoisotopic (exact) mass is 330 g/mol. The van der Waals surface area contributed by atoms with Gasteiger partial charge >= 0.3 is 0 Å². The van der Waals surface area contributed by atoms with E-state index in [1.807, 2.05) is 11.8 Å². The van der Waals surface area contributed by atoms with Gasteiger partial charge in [-0.1, -0.05) is 42.5 Å². The molecule has 0 amide bonds. The molecule has 0 unspecified atom stereocenters. The number of aliphatic hydroxyl groups is 1. The molecule has 0 saturated carbocycles. The summed E-state index contributed by atoms with van der Waals surface area (Å²) < 4.78 is 0. The molecule has 1 heterocycles. The number of hydrogen-bond donors (Lipinski definition) is 3. The minimum atomic E-state index is -0.333. The average Bonchev–Trinajstić information content (AvgIpc) is 3.07. The van der Waals surface area contributed by atoms with Gasteiger partial charge in [0.05, 0.1) is 6.10 Å². The minimum absolute atomic E-state index is 0.0464. The summed E-state index contributed by atoms with van der Waals surface area (Å²) in [6.07, 6.45) is 0.609. The maximum Gasteiger partial charge on any atom is 0.0825 e. The lowest BCUT2D eigenvalue weighted by molar-refractivity contribution is 0.129. The van der Waals surface area contributed by atoms with Crippen LogP contribution >= 0.6 is 11.8 Å². The van der Waals surface area contributed by atoms with Crippen LogP contribution in [-0.4, -0.2) is 41.0 Å². The van der Waals surface area contributed by atoms with Gasteiger partial charge in [0.25, 0.3) is 0 Å². The molecule has 0 spiro atoms. The summed E-state index contributed by atoms with van der Waals surface area (Å²) in [5.74, 6) is 1.94. The predicted molar refractivity (Wildman–Crippen MR) is 100.0 cm³/mol. The van der Waals surface area contributed by atoms with Gasteiger partial charge < -0.3 is 15.7 Å². The van der Waals surface area contributed by atoms with Crippen molar-refractivity contribution in [3.8, 4) is 0 Å². The van der Waals surface area contributed by atoms with Crippen molar-refractivity contribution in [3.05, 3.63) is 48.0 Å². The summed E-state index contributed by atoms with van der Waals surface area (Å²) in [6, 6.07) is 15.3. The molecule has 1 saturated heterocycles. The van der Waals surface area contributed by atoms with Gasteiger partial charge in [0.2, 0.25) is 0 Å². The van der Waals surface area contributed by atoms with E-state index in [2.05, 4.69) is 66.9 Å². The number of fused-ring (bicyclic) bond motifs is 1. The van der Waals surface area contributed by atoms with E-state index >= 15 is 0 Å². The Bertz CT molecular complexity index is 653. The van der Waals surface area contributed by atoms with Crippen molar-refractivity contribution in [2.75, 3.05) is 18.2 Å². The van der Waals surface area contributed by atoms with Gasteiger partial charge in [-0.2, -0.15) is 0 Å². The van der Waals surface area contributed by atoms with Crippen LogP contribution in [0.15, 0.2) is 42.5 Å². The summed E-state index contributed by atoms with van der Waals surface area (Å²) in [5, 5.41) is 19.7. The van der Waals surface area contributed by atoms with Crippen LogP contribution in [0, 0.1) is 0 Å². The SMILES string of the molecule is CC(C)(Cc1ccc2ccccc2c1)NC[C@H](O)[C@H]1CSCN1. The molecule has 0 aromatic heterocycles. The summed E-state index contributed by atoms with van der Waals surface area (Å²) in [6.45, 7) is 5.02. The zero-order valence-corrected chi connectivity index (χ0v) is 14.7. The van der Waals surface area contributed by atoms with Crippen LogP contribution in [0.1, 0.15) is 19.4 Å². The molecule has 3 nitrogen and oxygen atoms in total. The molecule has 3 N–H and O–H groups in total. The minimum Gasteiger partial charge on any atom is -0.390 e. The van der Waals surface area contributed by atoms with Crippen LogP contribution in [0.5, 0.6) is 0 Å². The topological polar surface area (TPSA) is 44.3 Å². The molecule has 2 atom stereocenters. The standard InChI is InChI=1S/C19H26N2OS/c1-19(2,21-11-18(22)17-12-23-13-20-17)10-14-7-8-15-5-3-4-6-16(15)9-14/h3-9,17-18,20-22H,10-13H2,1-2H3/t17-,18+/m1/s1. The molecular weight excluding hydrogens is 304 g/mol. The van der Waals surface area contributed by atoms with Gasteiger partial charge in [-0.25, -0.2) is 0 Å². The van der Waals surface area contributed by atoms with E-state index in [-0.39, 0.29) is 17.7 Å². The summed E-state index contributed by atoms with van der Waals surface area (Å²) in [5.41, 5.74) is 1.28. The maximum absolute atomic E-state index is 10.3. The van der Waals surface area contributed by atoms with E-state index in [1.54, 1.807) is 0 Å². The Labute approximate surface area is 142 Å². The number of thioether (sulfide) groups is 1. The number of aliphatic hydroxyl groups excluding tert-OH is 1. The summed E-state index contributed by atoms with van der Waals surface area (Å²) in [4.78, 5) is 0. The first-order valence-electron chi connectivity index (χ1n) is 8.25. The fourth-order valence-corrected chi connectivity index (χ4v) is 4.15. The highest BCUT2D eigenvalue weighted by molar-refractivity contribution is 7.99. The fourth-order valence-electron chi connectivity index (χ4n) is 3.10. The van der Waals surface area contributed by atoms with Gasteiger partial charge in [0, 0.05) is 29.8 Å². The Kier molecular flexibility index (Phi) is 5.27. The lowest BCUT2D eigenvalue weighted by Gasteiger charge is -2.29. The van der Waals surface area contributed by atoms with Crippen molar-refractivity contribution in [1.82, 2.24) is 10.6 Å². The molecule has 0 aliphatic carbocycles. The number of hydrogen-bond acceptors (Lipinski definition) is 4. The van der Waals surface area contributed by atoms with Crippen LogP contribution in [0.25, 0.3) is 10.8 Å². The van der Waals surface area contributed by atoms with Crippen LogP contribution in [0.4, 0.5) is 0 Å². The highest BCUT2D eigenvalue weighted by Crippen LogP contribution is 2.20. The van der Waals surface area contributed by atoms with Crippen LogP contribution in [0.2, 0.25) is 0 Å². The smallest absolute Gasteiger partial charge is 0.0825 e. The number of β-amino-alcohol motifs (C(OH)–C–C–N with tert-alkyl or cyclic N) is 1. The normalized spacial score (nSPS) is 20.0. The summed E-state index contributed by atoms with van der Waals surface area (Å²) >= 11 is 1.85. The van der Waals surface area contributed by atoms with Gasteiger partial charge in [-0.15, -0.1) is 11.8 Å². The van der Waals surface area contributed by atoms with Gasteiger partial charge in [0.1, 0.15) is 0 Å². The number of rotatable bonds is 6. The van der Waals surface area contributed by atoms with E-state index in [0.717, 1.165) is 18.1 Å². The zero-order valence-electron chi connectivity index (χ0n) is 13.9. The molecule has 1 fully saturated rings. The second kappa shape index (κ2) is 7.22. The quantitative estimate of drug-likeness (QED) is 0.762. The number of nitrogens with one attached hydrogen (secondary N) is 2. The Morgan fingerprint density at radius 2 is 2.04 bits per heavy atom. The third-order valence-corrected chi connectivity index (χ3v) is 5.42. The van der Waals surface area contributed by atoms with Crippen molar-refractivity contribution in [1.29, 1.82) is 0 Å². The van der Waals surface area contributed by atoms with Crippen LogP contribution in [-0.2, 0) is 6.42 Å². The first-order valence-corrected chi connectivity index (χ1v) is 9.41. The van der Waals surface area contributed by atoms with Crippen molar-refractivity contribution in [2.45, 2.75) is 38.0 Å². The third-order valence-electron chi connectivity index (χ3n) is 4.46. The molecule has 1 aliphatic heterocycles. The maximum atomic E-state index is 10.3. The van der Waals surface area contributed by atoms with Crippen LogP contribution in [0.3, 0.4) is 0 Å². The van der Waals surface area contributed by atoms with E-state index in [4.69, 9.17) is 0 Å². The van der Waals surface area contributed by atoms with Crippen molar-refractivity contribution < 1.29 is 5.11 Å². The first-order chi connectivity index (χ1) is 11.0. The zero-order chi connectivity index (χ0) is 16.3. The highest BCUT2D eigenvalue weighted by atomic mass is 32.2. The van der Waals surface area contributed by atoms with Gasteiger partial charge in [0.15, 0.2) is 0 Å². The molecule has 23 heavy (non-hydrogen) atoms. The first kappa shape index (κ1) is 16.8. The Balaban J connectivity index is 1.60. The van der Waals surface area contributed by atoms with Gasteiger partial charge in [-0.3, -0.25) is 0 Å². The van der Waals surface area contributed by atoms with E-state index in [9.17, 15) is 5.11 Å². The van der Waals surface area contributed by atoms with Crippen molar-refractivity contribution >= 4 is 22.5 Å². The van der Waals surface area contributed by atoms with E-state index < -0.39 is 0 Å². The third kappa shape index (κ3) is 4.48. The lowest BCUT2D eigenvalue weighted by Crippen LogP contribution is -2.50. The van der Waals surface area contributed by atoms with Crippen LogP contribution < -0.4 is 10.6 Å². The van der Waals surface area contributed by atoms with E-state index in [0.29, 0.717) is 6.54 Å². The molecule has 2 aromatic rings. The Morgan fingerprint density at radius 3 is 2.78 bits per heavy atom. The lowest BCUT2D eigenvalue weighted by atomic mass is 9.93. The Hall–Kier alpha value is -1.07. The molecule has 0 bridgehead atoms. The van der Waals surface area contributed by atoms with Crippen molar-refractivity contribution in [3.63, 3.8) is 0 Å². The molecule has 1 aliphatic rings. The van der Waals surface area contributed by atoms with E-state index in [1.165, 1.54) is 16.3 Å². The second-order valence-electron chi connectivity index (χ2n) is 7.02. The largest absolute Gasteiger partial charge is 0.390 e. The molecular formula is C19H26N2OS.